The molecule has 0 unspecified atom stereocenters. The van der Waals surface area contributed by atoms with Crippen molar-refractivity contribution in [2.24, 2.45) is 0 Å². The number of hydrogen-bond acceptors (Lipinski definition) is 8. The highest BCUT2D eigenvalue weighted by Crippen LogP contribution is 2.40. The van der Waals surface area contributed by atoms with E-state index in [9.17, 15) is 19.7 Å². The molecular formula is C24H24N2O8. The summed E-state index contributed by atoms with van der Waals surface area (Å²) in [7, 11) is 1.28. The Hall–Kier alpha value is -4.08. The van der Waals surface area contributed by atoms with Gasteiger partial charge in [0.2, 0.25) is 0 Å². The topological polar surface area (TPSA) is 117 Å². The zero-order valence-corrected chi connectivity index (χ0v) is 19.2. The van der Waals surface area contributed by atoms with Gasteiger partial charge in [-0.25, -0.2) is 9.59 Å². The second-order valence-corrected chi connectivity index (χ2v) is 8.92. The first kappa shape index (κ1) is 23.1. The van der Waals surface area contributed by atoms with E-state index in [4.69, 9.17) is 18.9 Å². The van der Waals surface area contributed by atoms with Crippen LogP contribution in [0.1, 0.15) is 37.5 Å². The fraction of sp³-hybridized carbons (Fsp3) is 0.333. The number of non-ortho nitro benzene ring substituents is 1. The van der Waals surface area contributed by atoms with Crippen molar-refractivity contribution in [3.05, 3.63) is 69.5 Å². The highest BCUT2D eigenvalue weighted by molar-refractivity contribution is 5.83. The van der Waals surface area contributed by atoms with Crippen LogP contribution in [-0.2, 0) is 27.2 Å². The molecule has 2 heterocycles. The Kier molecular flexibility index (Phi) is 5.90. The number of nitro benzene ring substituents is 1. The summed E-state index contributed by atoms with van der Waals surface area (Å²) in [6.45, 7) is 5.38. The molecule has 2 aliphatic heterocycles. The molecule has 10 nitrogen and oxygen atoms in total. The molecule has 0 fully saturated rings. The first-order valence-corrected chi connectivity index (χ1v) is 10.6. The van der Waals surface area contributed by atoms with Crippen molar-refractivity contribution in [3.8, 4) is 11.5 Å². The number of rotatable bonds is 3. The molecule has 0 saturated carbocycles. The molecular weight excluding hydrogens is 444 g/mol. The predicted molar refractivity (Wildman–Crippen MR) is 120 cm³/mol. The number of methoxy groups -OCH3 is 1. The van der Waals surface area contributed by atoms with E-state index >= 15 is 0 Å². The molecule has 4 rings (SSSR count). The fourth-order valence-corrected chi connectivity index (χ4v) is 3.76. The molecule has 0 aromatic heterocycles. The van der Waals surface area contributed by atoms with Crippen LogP contribution in [0.4, 0.5) is 10.5 Å². The third-order valence-corrected chi connectivity index (χ3v) is 5.37. The molecule has 2 aromatic carbocycles. The van der Waals surface area contributed by atoms with E-state index in [1.165, 1.54) is 30.4 Å². The highest BCUT2D eigenvalue weighted by atomic mass is 16.6. The Labute approximate surface area is 195 Å². The van der Waals surface area contributed by atoms with Gasteiger partial charge in [0.1, 0.15) is 17.9 Å². The Morgan fingerprint density at radius 1 is 1.12 bits per heavy atom. The number of hydrogen-bond donors (Lipinski definition) is 0. The van der Waals surface area contributed by atoms with Crippen molar-refractivity contribution in [1.29, 1.82) is 0 Å². The quantitative estimate of drug-likeness (QED) is 0.374. The molecule has 0 N–H and O–H groups in total. The number of ether oxygens (including phenoxy) is 4. The van der Waals surface area contributed by atoms with Gasteiger partial charge in [-0.3, -0.25) is 15.0 Å². The van der Waals surface area contributed by atoms with E-state index in [0.29, 0.717) is 22.8 Å². The second kappa shape index (κ2) is 8.69. The first-order valence-electron chi connectivity index (χ1n) is 10.6. The molecule has 34 heavy (non-hydrogen) atoms. The van der Waals surface area contributed by atoms with Gasteiger partial charge in [-0.15, -0.1) is 0 Å². The summed E-state index contributed by atoms with van der Waals surface area (Å²) >= 11 is 0. The zero-order valence-electron chi connectivity index (χ0n) is 19.2. The summed E-state index contributed by atoms with van der Waals surface area (Å²) < 4.78 is 22.2. The van der Waals surface area contributed by atoms with Crippen molar-refractivity contribution in [2.75, 3.05) is 7.11 Å². The summed E-state index contributed by atoms with van der Waals surface area (Å²) in [5, 5.41) is 10.9. The number of carbonyl (C=O) groups is 2. The molecule has 10 heteroatoms. The monoisotopic (exact) mass is 468 g/mol. The Balaban J connectivity index is 1.61. The summed E-state index contributed by atoms with van der Waals surface area (Å²) in [5.74, 6) is 0.732. The Morgan fingerprint density at radius 3 is 2.41 bits per heavy atom. The normalized spacial score (nSPS) is 16.8. The maximum atomic E-state index is 12.8. The summed E-state index contributed by atoms with van der Waals surface area (Å²) in [4.78, 5) is 37.0. The van der Waals surface area contributed by atoms with Gasteiger partial charge in [0, 0.05) is 24.1 Å². The molecule has 0 aliphatic carbocycles. The van der Waals surface area contributed by atoms with Gasteiger partial charge in [-0.2, -0.15) is 0 Å². The molecule has 1 atom stereocenters. The van der Waals surface area contributed by atoms with Gasteiger partial charge in [0.15, 0.2) is 17.3 Å². The Bertz CT molecular complexity index is 1180. The average Bonchev–Trinajstić information content (AvgIpc) is 2.80. The predicted octanol–water partition coefficient (Wildman–Crippen LogP) is 4.20. The minimum Gasteiger partial charge on any atom is -0.467 e. The largest absolute Gasteiger partial charge is 0.467 e. The second-order valence-electron chi connectivity index (χ2n) is 8.92. The summed E-state index contributed by atoms with van der Waals surface area (Å²) in [6, 6.07) is 8.61. The average molecular weight is 468 g/mol. The maximum Gasteiger partial charge on any atom is 0.411 e. The lowest BCUT2D eigenvalue weighted by Gasteiger charge is -2.36. The third kappa shape index (κ3) is 4.66. The third-order valence-electron chi connectivity index (χ3n) is 5.37. The van der Waals surface area contributed by atoms with Crippen LogP contribution in [0.2, 0.25) is 0 Å². The lowest BCUT2D eigenvalue weighted by Crippen LogP contribution is -2.50. The minimum absolute atomic E-state index is 0.0297. The minimum atomic E-state index is -0.832. The number of nitrogens with zero attached hydrogens (tertiary/aromatic N) is 2. The van der Waals surface area contributed by atoms with Gasteiger partial charge < -0.3 is 18.9 Å². The van der Waals surface area contributed by atoms with Crippen LogP contribution in [0.25, 0.3) is 5.76 Å². The number of nitro groups is 1. The van der Waals surface area contributed by atoms with Crippen LogP contribution in [0.15, 0.2) is 42.7 Å². The van der Waals surface area contributed by atoms with E-state index < -0.39 is 28.6 Å². The van der Waals surface area contributed by atoms with Crippen LogP contribution in [0.5, 0.6) is 11.5 Å². The van der Waals surface area contributed by atoms with E-state index in [-0.39, 0.29) is 18.7 Å². The molecule has 0 radical (unpaired) electrons. The molecule has 0 saturated heterocycles. The number of esters is 1. The maximum absolute atomic E-state index is 12.8. The van der Waals surface area contributed by atoms with Crippen molar-refractivity contribution in [3.63, 3.8) is 0 Å². The molecule has 0 spiro atoms. The lowest BCUT2D eigenvalue weighted by molar-refractivity contribution is -0.384. The molecule has 178 valence electrons. The van der Waals surface area contributed by atoms with Crippen LogP contribution in [0, 0.1) is 10.1 Å². The molecule has 1 amide bonds. The van der Waals surface area contributed by atoms with Crippen molar-refractivity contribution >= 4 is 23.5 Å². The summed E-state index contributed by atoms with van der Waals surface area (Å²) in [6.07, 6.45) is 1.04. The highest BCUT2D eigenvalue weighted by Gasteiger charge is 2.38. The van der Waals surface area contributed by atoms with E-state index in [0.717, 1.165) is 11.1 Å². The SMILES string of the molecule is COC(=O)[C@@H]1Cc2cc3c(cc2CN1C(=O)OC(C)(C)C)OC(c1ccc([N+](=O)[O-])cc1)=CO3. The van der Waals surface area contributed by atoms with Crippen LogP contribution in [-0.4, -0.2) is 40.6 Å². The van der Waals surface area contributed by atoms with Gasteiger partial charge in [0.05, 0.1) is 18.6 Å². The number of carbonyl (C=O) groups excluding carboxylic acids is 2. The van der Waals surface area contributed by atoms with Crippen LogP contribution >= 0.6 is 0 Å². The number of fused-ring (bicyclic) bond motifs is 2. The molecule has 0 bridgehead atoms. The molecule has 2 aromatic rings. The van der Waals surface area contributed by atoms with Gasteiger partial charge >= 0.3 is 12.1 Å². The first-order chi connectivity index (χ1) is 16.1. The van der Waals surface area contributed by atoms with Crippen LogP contribution < -0.4 is 9.47 Å². The number of amides is 1. The molecule has 2 aliphatic rings. The van der Waals surface area contributed by atoms with Crippen molar-refractivity contribution < 1.29 is 33.5 Å². The van der Waals surface area contributed by atoms with E-state index in [1.807, 2.05) is 0 Å². The van der Waals surface area contributed by atoms with Gasteiger partial charge in [-0.05, 0) is 56.2 Å². The zero-order chi connectivity index (χ0) is 24.6. The smallest absolute Gasteiger partial charge is 0.411 e. The summed E-state index contributed by atoms with van der Waals surface area (Å²) in [5.41, 5.74) is 1.45. The Morgan fingerprint density at radius 2 is 1.79 bits per heavy atom. The van der Waals surface area contributed by atoms with E-state index in [1.54, 1.807) is 45.0 Å². The van der Waals surface area contributed by atoms with Gasteiger partial charge in [-0.1, -0.05) is 0 Å². The van der Waals surface area contributed by atoms with Gasteiger partial charge in [0.25, 0.3) is 5.69 Å². The van der Waals surface area contributed by atoms with Crippen molar-refractivity contribution in [1.82, 2.24) is 4.90 Å². The van der Waals surface area contributed by atoms with E-state index in [2.05, 4.69) is 0 Å². The number of benzene rings is 2. The lowest BCUT2D eigenvalue weighted by atomic mass is 9.93. The fourth-order valence-electron chi connectivity index (χ4n) is 3.76. The standard InChI is InChI=1S/C24H24N2O8/c1-24(2,3)34-23(28)25-12-16-11-20-19(10-15(16)9-18(25)22(27)31-4)32-13-21(33-20)14-5-7-17(8-6-14)26(29)30/h5-8,10-11,13,18H,9,12H2,1-4H3/t18-/m0/s1. The van der Waals surface area contributed by atoms with Crippen LogP contribution in [0.3, 0.4) is 0 Å². The van der Waals surface area contributed by atoms with Crippen molar-refractivity contribution in [2.45, 2.75) is 45.4 Å².